The summed E-state index contributed by atoms with van der Waals surface area (Å²) in [7, 11) is 1.64. The van der Waals surface area contributed by atoms with E-state index in [2.05, 4.69) is 5.32 Å². The van der Waals surface area contributed by atoms with Crippen molar-refractivity contribution in [1.29, 1.82) is 0 Å². The molecule has 0 unspecified atom stereocenters. The van der Waals surface area contributed by atoms with Crippen molar-refractivity contribution in [3.63, 3.8) is 0 Å². The quantitative estimate of drug-likeness (QED) is 0.839. The molecule has 1 N–H and O–H groups in total. The Morgan fingerprint density at radius 1 is 1.14 bits per heavy atom. The molecular formula is C17H20FNO2. The molecule has 0 saturated heterocycles. The van der Waals surface area contributed by atoms with Crippen LogP contribution >= 0.6 is 0 Å². The molecular weight excluding hydrogens is 269 g/mol. The summed E-state index contributed by atoms with van der Waals surface area (Å²) in [4.78, 5) is 0. The van der Waals surface area contributed by atoms with E-state index in [0.717, 1.165) is 17.7 Å². The maximum absolute atomic E-state index is 14.0. The number of para-hydroxylation sites is 1. The maximum Gasteiger partial charge on any atom is 0.167 e. The van der Waals surface area contributed by atoms with Crippen molar-refractivity contribution in [2.24, 2.45) is 0 Å². The molecule has 0 saturated carbocycles. The highest BCUT2D eigenvalue weighted by atomic mass is 19.1. The average molecular weight is 289 g/mol. The number of nitrogens with one attached hydrogen (secondary N) is 1. The van der Waals surface area contributed by atoms with Crippen molar-refractivity contribution in [1.82, 2.24) is 5.32 Å². The molecule has 4 heteroatoms. The largest absolute Gasteiger partial charge is 0.454 e. The monoisotopic (exact) mass is 289 g/mol. The smallest absolute Gasteiger partial charge is 0.167 e. The molecule has 0 bridgehead atoms. The topological polar surface area (TPSA) is 30.5 Å². The molecule has 0 heterocycles. The summed E-state index contributed by atoms with van der Waals surface area (Å²) in [5.74, 6) is 0.517. The SMILES string of the molecule is CCNCc1cccc(F)c1Oc1cccc(COC)c1. The van der Waals surface area contributed by atoms with E-state index in [1.807, 2.05) is 37.3 Å². The van der Waals surface area contributed by atoms with Crippen LogP contribution in [0, 0.1) is 5.82 Å². The molecule has 2 aromatic rings. The zero-order valence-electron chi connectivity index (χ0n) is 12.4. The van der Waals surface area contributed by atoms with Gasteiger partial charge in [0, 0.05) is 19.2 Å². The Hall–Kier alpha value is -1.91. The van der Waals surface area contributed by atoms with Crippen LogP contribution in [0.4, 0.5) is 4.39 Å². The fraction of sp³-hybridized carbons (Fsp3) is 0.294. The van der Waals surface area contributed by atoms with Crippen molar-refractivity contribution in [2.75, 3.05) is 13.7 Å². The van der Waals surface area contributed by atoms with Gasteiger partial charge in [0.1, 0.15) is 5.75 Å². The molecule has 2 aromatic carbocycles. The molecule has 21 heavy (non-hydrogen) atoms. The summed E-state index contributed by atoms with van der Waals surface area (Å²) >= 11 is 0. The lowest BCUT2D eigenvalue weighted by atomic mass is 10.2. The first-order chi connectivity index (χ1) is 10.2. The van der Waals surface area contributed by atoms with E-state index in [-0.39, 0.29) is 11.6 Å². The van der Waals surface area contributed by atoms with Gasteiger partial charge >= 0.3 is 0 Å². The first-order valence-corrected chi connectivity index (χ1v) is 6.98. The van der Waals surface area contributed by atoms with Crippen LogP contribution in [0.3, 0.4) is 0 Å². The number of methoxy groups -OCH3 is 1. The summed E-state index contributed by atoms with van der Waals surface area (Å²) in [6.45, 7) is 3.90. The highest BCUT2D eigenvalue weighted by Gasteiger charge is 2.11. The molecule has 0 aliphatic carbocycles. The van der Waals surface area contributed by atoms with E-state index in [4.69, 9.17) is 9.47 Å². The molecule has 0 atom stereocenters. The Labute approximate surface area is 124 Å². The van der Waals surface area contributed by atoms with Crippen LogP contribution in [0.15, 0.2) is 42.5 Å². The third-order valence-electron chi connectivity index (χ3n) is 3.04. The first-order valence-electron chi connectivity index (χ1n) is 6.98. The summed E-state index contributed by atoms with van der Waals surface area (Å²) in [6.07, 6.45) is 0. The average Bonchev–Trinajstić information content (AvgIpc) is 2.49. The Balaban J connectivity index is 2.23. The van der Waals surface area contributed by atoms with Gasteiger partial charge in [0.15, 0.2) is 11.6 Å². The predicted molar refractivity (Wildman–Crippen MR) is 81.0 cm³/mol. The second-order valence-electron chi connectivity index (χ2n) is 4.69. The molecule has 0 aliphatic rings. The summed E-state index contributed by atoms with van der Waals surface area (Å²) < 4.78 is 24.9. The normalized spacial score (nSPS) is 10.6. The first kappa shape index (κ1) is 15.5. The Bertz CT molecular complexity index is 587. The molecule has 2 rings (SSSR count). The van der Waals surface area contributed by atoms with Gasteiger partial charge in [-0.15, -0.1) is 0 Å². The van der Waals surface area contributed by atoms with Crippen LogP contribution < -0.4 is 10.1 Å². The minimum Gasteiger partial charge on any atom is -0.454 e. The van der Waals surface area contributed by atoms with Gasteiger partial charge in [0.2, 0.25) is 0 Å². The van der Waals surface area contributed by atoms with Crippen LogP contribution in [0.2, 0.25) is 0 Å². The van der Waals surface area contributed by atoms with E-state index in [9.17, 15) is 4.39 Å². The van der Waals surface area contributed by atoms with Crippen molar-refractivity contribution in [2.45, 2.75) is 20.1 Å². The summed E-state index contributed by atoms with van der Waals surface area (Å²) in [5, 5.41) is 3.18. The maximum atomic E-state index is 14.0. The van der Waals surface area contributed by atoms with Crippen LogP contribution in [0.25, 0.3) is 0 Å². The van der Waals surface area contributed by atoms with Crippen LogP contribution in [-0.2, 0) is 17.9 Å². The van der Waals surface area contributed by atoms with Crippen molar-refractivity contribution in [3.8, 4) is 11.5 Å². The lowest BCUT2D eigenvalue weighted by molar-refractivity contribution is 0.184. The predicted octanol–water partition coefficient (Wildman–Crippen LogP) is 3.87. The third-order valence-corrected chi connectivity index (χ3v) is 3.04. The number of hydrogen-bond acceptors (Lipinski definition) is 3. The minimum atomic E-state index is -0.359. The number of hydrogen-bond donors (Lipinski definition) is 1. The molecule has 0 fully saturated rings. The van der Waals surface area contributed by atoms with E-state index < -0.39 is 0 Å². The second-order valence-corrected chi connectivity index (χ2v) is 4.69. The van der Waals surface area contributed by atoms with Crippen LogP contribution in [0.1, 0.15) is 18.1 Å². The Kier molecular flexibility index (Phi) is 5.72. The molecule has 0 radical (unpaired) electrons. The molecule has 0 aliphatic heterocycles. The van der Waals surface area contributed by atoms with Gasteiger partial charge in [-0.05, 0) is 30.3 Å². The van der Waals surface area contributed by atoms with E-state index >= 15 is 0 Å². The molecule has 0 aromatic heterocycles. The van der Waals surface area contributed by atoms with E-state index in [1.54, 1.807) is 13.2 Å². The van der Waals surface area contributed by atoms with Gasteiger partial charge in [-0.3, -0.25) is 0 Å². The van der Waals surface area contributed by atoms with Crippen molar-refractivity contribution in [3.05, 3.63) is 59.4 Å². The molecule has 0 amide bonds. The zero-order valence-corrected chi connectivity index (χ0v) is 12.4. The molecule has 112 valence electrons. The van der Waals surface area contributed by atoms with Crippen LogP contribution in [0.5, 0.6) is 11.5 Å². The van der Waals surface area contributed by atoms with Gasteiger partial charge in [-0.2, -0.15) is 0 Å². The number of ether oxygens (including phenoxy) is 2. The minimum absolute atomic E-state index is 0.271. The van der Waals surface area contributed by atoms with Gasteiger partial charge < -0.3 is 14.8 Å². The lowest BCUT2D eigenvalue weighted by Crippen LogP contribution is -2.12. The fourth-order valence-electron chi connectivity index (χ4n) is 2.05. The third kappa shape index (κ3) is 4.28. The number of rotatable bonds is 7. The highest BCUT2D eigenvalue weighted by molar-refractivity contribution is 5.40. The highest BCUT2D eigenvalue weighted by Crippen LogP contribution is 2.29. The fourth-order valence-corrected chi connectivity index (χ4v) is 2.05. The summed E-state index contributed by atoms with van der Waals surface area (Å²) in [5.41, 5.74) is 1.79. The second kappa shape index (κ2) is 7.76. The Morgan fingerprint density at radius 2 is 1.95 bits per heavy atom. The lowest BCUT2D eigenvalue weighted by Gasteiger charge is -2.13. The molecule has 0 spiro atoms. The van der Waals surface area contributed by atoms with Gasteiger partial charge in [-0.1, -0.05) is 31.2 Å². The van der Waals surface area contributed by atoms with E-state index in [1.165, 1.54) is 6.07 Å². The summed E-state index contributed by atoms with van der Waals surface area (Å²) in [6, 6.07) is 12.4. The van der Waals surface area contributed by atoms with Crippen molar-refractivity contribution < 1.29 is 13.9 Å². The van der Waals surface area contributed by atoms with Gasteiger partial charge in [0.05, 0.1) is 6.61 Å². The van der Waals surface area contributed by atoms with Gasteiger partial charge in [0.25, 0.3) is 0 Å². The van der Waals surface area contributed by atoms with E-state index in [0.29, 0.717) is 18.9 Å². The number of benzene rings is 2. The number of halogens is 1. The van der Waals surface area contributed by atoms with Gasteiger partial charge in [-0.25, -0.2) is 4.39 Å². The van der Waals surface area contributed by atoms with Crippen LogP contribution in [-0.4, -0.2) is 13.7 Å². The Morgan fingerprint density at radius 3 is 2.71 bits per heavy atom. The zero-order chi connectivity index (χ0) is 15.1. The molecule has 3 nitrogen and oxygen atoms in total. The van der Waals surface area contributed by atoms with Crippen molar-refractivity contribution >= 4 is 0 Å². The standard InChI is InChI=1S/C17H20FNO2/c1-3-19-11-14-7-5-9-16(18)17(14)21-15-8-4-6-13(10-15)12-20-2/h4-10,19H,3,11-12H2,1-2H3.